The summed E-state index contributed by atoms with van der Waals surface area (Å²) >= 11 is 0. The third-order valence-corrected chi connectivity index (χ3v) is 15.7. The van der Waals surface area contributed by atoms with Crippen LogP contribution in [0.25, 0.3) is 22.1 Å². The van der Waals surface area contributed by atoms with Crippen molar-refractivity contribution in [1.29, 1.82) is 0 Å². The predicted octanol–water partition coefficient (Wildman–Crippen LogP) is 7.36. The predicted molar refractivity (Wildman–Crippen MR) is 291 cm³/mol. The first kappa shape index (κ1) is 51.4. The van der Waals surface area contributed by atoms with Crippen molar-refractivity contribution < 1.29 is 28.7 Å². The van der Waals surface area contributed by atoms with Crippen molar-refractivity contribution in [1.82, 2.24) is 59.1 Å². The third-order valence-electron chi connectivity index (χ3n) is 15.7. The van der Waals surface area contributed by atoms with E-state index in [4.69, 9.17) is 14.7 Å². The number of fused-ring (bicyclic) bond motifs is 6. The number of pyridine rings is 2. The van der Waals surface area contributed by atoms with Gasteiger partial charge in [-0.05, 0) is 121 Å². The van der Waals surface area contributed by atoms with Crippen molar-refractivity contribution in [2.24, 2.45) is 0 Å². The molecule has 4 aliphatic heterocycles. The van der Waals surface area contributed by atoms with Crippen LogP contribution in [0.5, 0.6) is 0 Å². The van der Waals surface area contributed by atoms with Crippen molar-refractivity contribution >= 4 is 86.7 Å². The summed E-state index contributed by atoms with van der Waals surface area (Å²) in [4.78, 5) is 101. The summed E-state index contributed by atoms with van der Waals surface area (Å²) in [5, 5.41) is 11.6. The summed E-state index contributed by atoms with van der Waals surface area (Å²) in [5.74, 6) is 1.94. The Morgan fingerprint density at radius 3 is 1.56 bits per heavy atom. The zero-order valence-corrected chi connectivity index (χ0v) is 44.9. The molecule has 4 bridgehead atoms. The molecule has 6 aliphatic rings. The van der Waals surface area contributed by atoms with E-state index in [9.17, 15) is 24.0 Å². The number of hydrogen-bond donors (Lipinski definition) is 3. The number of nitrogens with zero attached hydrogens (tertiary/aromatic N) is 13. The van der Waals surface area contributed by atoms with Gasteiger partial charge in [-0.1, -0.05) is 0 Å². The van der Waals surface area contributed by atoms with Gasteiger partial charge in [0.25, 0.3) is 11.8 Å². The van der Waals surface area contributed by atoms with Crippen LogP contribution in [0.15, 0.2) is 61.2 Å². The van der Waals surface area contributed by atoms with Crippen LogP contribution >= 0.6 is 0 Å². The van der Waals surface area contributed by atoms with Crippen molar-refractivity contribution in [2.75, 3.05) is 61.7 Å². The van der Waals surface area contributed by atoms with Gasteiger partial charge in [0, 0.05) is 107 Å². The Balaban J connectivity index is 0.000000166. The summed E-state index contributed by atoms with van der Waals surface area (Å²) in [6.07, 6.45) is 17.5. The third kappa shape index (κ3) is 10.5. The molecule has 10 heterocycles. The van der Waals surface area contributed by atoms with Gasteiger partial charge in [-0.3, -0.25) is 24.1 Å². The zero-order chi connectivity index (χ0) is 53.9. The molecule has 2 saturated carbocycles. The fourth-order valence-electron chi connectivity index (χ4n) is 11.3. The summed E-state index contributed by atoms with van der Waals surface area (Å²) in [7, 11) is 7.03. The lowest BCUT2D eigenvalue weighted by Gasteiger charge is -2.31. The number of ether oxygens (including phenoxy) is 1. The SMILES string of the molecule is CN(C)C(=O)c1cc2cnc(Nc3ccc(N4CC5CCC(CC4=O)N5)cn3)nc2n1C1CCC1.CN(C)C(=O)c1cc2cnc(Nc3ccc(N4CC5CCC(CC4=O)N5C(=O)OC(C)(C)C)cn3)nc2n1C1CCC1. The Hall–Kier alpha value is -7.75. The molecule has 6 fully saturated rings. The van der Waals surface area contributed by atoms with Crippen LogP contribution in [0.1, 0.15) is 131 Å². The number of rotatable bonds is 10. The van der Waals surface area contributed by atoms with Gasteiger partial charge in [0.1, 0.15) is 39.9 Å². The summed E-state index contributed by atoms with van der Waals surface area (Å²) < 4.78 is 9.76. The molecule has 0 spiro atoms. The van der Waals surface area contributed by atoms with Gasteiger partial charge >= 0.3 is 6.09 Å². The lowest BCUT2D eigenvalue weighted by molar-refractivity contribution is -0.119. The first-order valence-electron chi connectivity index (χ1n) is 27.0. The number of aromatic nitrogens is 8. The minimum absolute atomic E-state index is 0.0341. The lowest BCUT2D eigenvalue weighted by Crippen LogP contribution is -2.45. The van der Waals surface area contributed by atoms with Crippen LogP contribution in [0.3, 0.4) is 0 Å². The monoisotopic (exact) mass is 1050 g/mol. The second kappa shape index (κ2) is 20.7. The van der Waals surface area contributed by atoms with Crippen LogP contribution in [0, 0.1) is 0 Å². The molecule has 404 valence electrons. The minimum atomic E-state index is -0.597. The molecule has 22 nitrogen and oxygen atoms in total. The van der Waals surface area contributed by atoms with E-state index in [0.717, 1.165) is 92.0 Å². The van der Waals surface area contributed by atoms with Gasteiger partial charge in [0.15, 0.2) is 0 Å². The number of hydrogen-bond acceptors (Lipinski definition) is 15. The molecule has 0 aromatic carbocycles. The van der Waals surface area contributed by atoms with Gasteiger partial charge < -0.3 is 49.4 Å². The normalized spacial score (nSPS) is 21.5. The maximum Gasteiger partial charge on any atom is 0.410 e. The maximum absolute atomic E-state index is 13.2. The lowest BCUT2D eigenvalue weighted by atomic mass is 9.92. The Labute approximate surface area is 447 Å². The van der Waals surface area contributed by atoms with E-state index in [2.05, 4.69) is 40.5 Å². The van der Waals surface area contributed by atoms with E-state index in [1.807, 2.05) is 60.6 Å². The number of anilines is 6. The standard InChI is InChI=1S/C30H38N8O4.C25H30N8O2/c1-30(2,3)42-29(41)37-20-9-10-22(37)17-36(25(39)14-20)21-11-12-24(31-16-21)33-28-32-15-18-13-23(27(40)35(4)5)38(26(18)34-28)19-7-6-8-19;1-31(2)24(35)20-10-15-12-27-25(30-23(15)33(20)18-4-3-5-18)29-21-9-8-19(13-26-21)32-14-17-7-6-16(28-17)11-22(32)34/h11-13,15-16,19-20,22H,6-10,14,17H2,1-5H3,(H,31,32,33,34);8-10,12-13,16-18,28H,3-7,11,14H2,1-2H3,(H,26,27,29,30). The Morgan fingerprint density at radius 1 is 0.597 bits per heavy atom. The van der Waals surface area contributed by atoms with Crippen LogP contribution in [-0.4, -0.2) is 155 Å². The van der Waals surface area contributed by atoms with Crippen molar-refractivity contribution in [3.8, 4) is 0 Å². The van der Waals surface area contributed by atoms with Crippen molar-refractivity contribution in [3.63, 3.8) is 0 Å². The maximum atomic E-state index is 13.2. The highest BCUT2D eigenvalue weighted by atomic mass is 16.6. The highest BCUT2D eigenvalue weighted by molar-refractivity contribution is 5.99. The Kier molecular flexibility index (Phi) is 13.8. The molecular formula is C55H68N16O6. The first-order valence-corrected chi connectivity index (χ1v) is 27.0. The van der Waals surface area contributed by atoms with Gasteiger partial charge in [-0.15, -0.1) is 0 Å². The molecule has 22 heteroatoms. The average molecular weight is 1050 g/mol. The topological polar surface area (TPSA) is 234 Å². The molecular weight excluding hydrogens is 981 g/mol. The van der Waals surface area contributed by atoms with E-state index in [1.165, 1.54) is 0 Å². The van der Waals surface area contributed by atoms with Gasteiger partial charge in [-0.25, -0.2) is 24.7 Å². The molecule has 12 rings (SSSR count). The zero-order valence-electron chi connectivity index (χ0n) is 44.9. The highest BCUT2D eigenvalue weighted by Crippen LogP contribution is 2.39. The number of carbonyl (C=O) groups excluding carboxylic acids is 5. The second-order valence-electron chi connectivity index (χ2n) is 22.7. The van der Waals surface area contributed by atoms with E-state index in [-0.39, 0.29) is 60.3 Å². The molecule has 4 atom stereocenters. The summed E-state index contributed by atoms with van der Waals surface area (Å²) in [6, 6.07) is 12.0. The minimum Gasteiger partial charge on any atom is -0.444 e. The smallest absolute Gasteiger partial charge is 0.410 e. The fourth-order valence-corrected chi connectivity index (χ4v) is 11.3. The Bertz CT molecular complexity index is 3230. The number of amides is 5. The van der Waals surface area contributed by atoms with E-state index in [1.54, 1.807) is 78.6 Å². The molecule has 77 heavy (non-hydrogen) atoms. The quantitative estimate of drug-likeness (QED) is 0.122. The first-order chi connectivity index (χ1) is 36.9. The molecule has 0 radical (unpaired) electrons. The van der Waals surface area contributed by atoms with Gasteiger partial charge in [-0.2, -0.15) is 9.97 Å². The molecule has 4 saturated heterocycles. The average Bonchev–Trinajstić information content (AvgIpc) is 4.13. The summed E-state index contributed by atoms with van der Waals surface area (Å²) in [5.41, 5.74) is 3.62. The molecule has 6 aromatic rings. The van der Waals surface area contributed by atoms with Crippen molar-refractivity contribution in [3.05, 3.63) is 72.6 Å². The van der Waals surface area contributed by atoms with Crippen LogP contribution in [-0.2, 0) is 14.3 Å². The largest absolute Gasteiger partial charge is 0.444 e. The second-order valence-corrected chi connectivity index (χ2v) is 22.7. The van der Waals surface area contributed by atoms with Gasteiger partial charge in [0.2, 0.25) is 23.7 Å². The van der Waals surface area contributed by atoms with Crippen LogP contribution in [0.4, 0.5) is 39.7 Å². The molecule has 6 aromatic heterocycles. The molecule has 3 N–H and O–H groups in total. The van der Waals surface area contributed by atoms with E-state index >= 15 is 0 Å². The molecule has 2 aliphatic carbocycles. The Morgan fingerprint density at radius 2 is 1.09 bits per heavy atom. The van der Waals surface area contributed by atoms with Crippen LogP contribution < -0.4 is 25.8 Å². The molecule has 5 amide bonds. The van der Waals surface area contributed by atoms with Crippen molar-refractivity contribution in [2.45, 2.75) is 140 Å². The number of nitrogens with one attached hydrogen (secondary N) is 3. The molecule has 4 unspecified atom stereocenters. The van der Waals surface area contributed by atoms with E-state index < -0.39 is 5.60 Å². The highest BCUT2D eigenvalue weighted by Gasteiger charge is 2.45. The van der Waals surface area contributed by atoms with E-state index in [0.29, 0.717) is 72.2 Å². The summed E-state index contributed by atoms with van der Waals surface area (Å²) in [6.45, 7) is 6.62. The fraction of sp³-hybridized carbons (Fsp3) is 0.509. The van der Waals surface area contributed by atoms with Gasteiger partial charge in [0.05, 0.1) is 29.8 Å². The van der Waals surface area contributed by atoms with Crippen LogP contribution in [0.2, 0.25) is 0 Å². The number of carbonyl (C=O) groups is 5.